The molecule has 2 aromatic heterocycles. The lowest BCUT2D eigenvalue weighted by molar-refractivity contribution is -0.135. The molecule has 0 radical (unpaired) electrons. The van der Waals surface area contributed by atoms with Gasteiger partial charge in [-0.2, -0.15) is 10.1 Å². The van der Waals surface area contributed by atoms with Gasteiger partial charge >= 0.3 is 0 Å². The molecule has 0 spiro atoms. The highest BCUT2D eigenvalue weighted by atomic mass is 16.5. The first-order valence-electron chi connectivity index (χ1n) is 7.11. The summed E-state index contributed by atoms with van der Waals surface area (Å²) in [5, 5.41) is 8.31. The molecule has 0 saturated heterocycles. The number of amides is 1. The molecule has 21 heavy (non-hydrogen) atoms. The van der Waals surface area contributed by atoms with Crippen LogP contribution in [0.15, 0.2) is 4.52 Å². The van der Waals surface area contributed by atoms with E-state index in [0.29, 0.717) is 24.0 Å². The first-order chi connectivity index (χ1) is 9.97. The van der Waals surface area contributed by atoms with Crippen LogP contribution in [0.4, 0.5) is 0 Å². The maximum Gasteiger partial charge on any atom is 0.278 e. The van der Waals surface area contributed by atoms with Crippen LogP contribution < -0.4 is 0 Å². The van der Waals surface area contributed by atoms with E-state index in [4.69, 9.17) is 4.52 Å². The van der Waals surface area contributed by atoms with Crippen molar-refractivity contribution >= 4 is 5.91 Å². The highest BCUT2D eigenvalue weighted by Gasteiger charge is 2.29. The lowest BCUT2D eigenvalue weighted by atomic mass is 10.0. The summed E-state index contributed by atoms with van der Waals surface area (Å²) in [4.78, 5) is 18.3. The van der Waals surface area contributed by atoms with Gasteiger partial charge < -0.3 is 9.42 Å². The number of nitrogens with zero attached hydrogens (tertiary/aromatic N) is 5. The number of carbonyl (C=O) groups is 1. The summed E-state index contributed by atoms with van der Waals surface area (Å²) in [6.45, 7) is 6.90. The van der Waals surface area contributed by atoms with Crippen LogP contribution >= 0.6 is 0 Å². The van der Waals surface area contributed by atoms with E-state index in [0.717, 1.165) is 24.2 Å². The molecule has 1 aliphatic rings. The average molecular weight is 289 g/mol. The van der Waals surface area contributed by atoms with Gasteiger partial charge in [0.05, 0.1) is 0 Å². The molecule has 7 nitrogen and oxygen atoms in total. The van der Waals surface area contributed by atoms with Gasteiger partial charge in [0.15, 0.2) is 11.5 Å². The van der Waals surface area contributed by atoms with Crippen LogP contribution in [0.1, 0.15) is 30.9 Å². The third-order valence-electron chi connectivity index (χ3n) is 3.78. The van der Waals surface area contributed by atoms with Crippen molar-refractivity contribution in [3.05, 3.63) is 17.1 Å². The number of fused-ring (bicyclic) bond motifs is 1. The number of carbonyl (C=O) groups excluding carboxylic acids is 1. The summed E-state index contributed by atoms with van der Waals surface area (Å²) in [5.74, 6) is 1.16. The lowest BCUT2D eigenvalue weighted by Crippen LogP contribution is -2.38. The van der Waals surface area contributed by atoms with Gasteiger partial charge in [-0.25, -0.2) is 0 Å². The number of rotatable bonds is 2. The average Bonchev–Trinajstić information content (AvgIpc) is 3.02. The van der Waals surface area contributed by atoms with E-state index >= 15 is 0 Å². The Morgan fingerprint density at radius 2 is 2.14 bits per heavy atom. The molecule has 7 heteroatoms. The molecule has 0 aliphatic carbocycles. The first-order valence-corrected chi connectivity index (χ1v) is 7.11. The van der Waals surface area contributed by atoms with E-state index in [-0.39, 0.29) is 11.8 Å². The predicted molar refractivity (Wildman–Crippen MR) is 75.2 cm³/mol. The second-order valence-electron chi connectivity index (χ2n) is 5.71. The van der Waals surface area contributed by atoms with Crippen molar-refractivity contribution in [2.45, 2.75) is 33.7 Å². The molecule has 0 fully saturated rings. The minimum absolute atomic E-state index is 0.00248. The molecule has 112 valence electrons. The van der Waals surface area contributed by atoms with E-state index in [2.05, 4.69) is 15.2 Å². The molecular formula is C14H19N5O2. The predicted octanol–water partition coefficient (Wildman–Crippen LogP) is 1.32. The summed E-state index contributed by atoms with van der Waals surface area (Å²) < 4.78 is 7.08. The van der Waals surface area contributed by atoms with Gasteiger partial charge in [0.2, 0.25) is 5.91 Å². The van der Waals surface area contributed by atoms with E-state index in [1.807, 2.05) is 30.5 Å². The minimum Gasteiger partial charge on any atom is -0.338 e. The molecular weight excluding hydrogens is 270 g/mol. The topological polar surface area (TPSA) is 77.0 Å². The van der Waals surface area contributed by atoms with Crippen molar-refractivity contribution in [1.29, 1.82) is 0 Å². The summed E-state index contributed by atoms with van der Waals surface area (Å²) in [5.41, 5.74) is 2.84. The zero-order chi connectivity index (χ0) is 15.1. The zero-order valence-electron chi connectivity index (χ0n) is 12.8. The molecule has 0 unspecified atom stereocenters. The molecule has 0 N–H and O–H groups in total. The van der Waals surface area contributed by atoms with Crippen molar-refractivity contribution in [3.8, 4) is 11.6 Å². The van der Waals surface area contributed by atoms with Crippen LogP contribution in [0, 0.1) is 12.8 Å². The zero-order valence-corrected chi connectivity index (χ0v) is 12.8. The van der Waals surface area contributed by atoms with Crippen molar-refractivity contribution in [2.75, 3.05) is 6.54 Å². The number of aromatic nitrogens is 4. The SMILES string of the molecule is Cc1noc(-c2nn(C)c3c2CN(C(=O)C(C)C)CC3)n1. The smallest absolute Gasteiger partial charge is 0.278 e. The molecule has 3 heterocycles. The van der Waals surface area contributed by atoms with Gasteiger partial charge in [-0.1, -0.05) is 19.0 Å². The van der Waals surface area contributed by atoms with Gasteiger partial charge in [-0.3, -0.25) is 9.48 Å². The third-order valence-corrected chi connectivity index (χ3v) is 3.78. The quantitative estimate of drug-likeness (QED) is 0.833. The van der Waals surface area contributed by atoms with Gasteiger partial charge in [-0.15, -0.1) is 0 Å². The molecule has 0 atom stereocenters. The molecule has 2 aromatic rings. The van der Waals surface area contributed by atoms with Gasteiger partial charge in [0.25, 0.3) is 5.89 Å². The summed E-state index contributed by atoms with van der Waals surface area (Å²) in [6, 6.07) is 0. The van der Waals surface area contributed by atoms with Crippen LogP contribution in [0.2, 0.25) is 0 Å². The Balaban J connectivity index is 1.98. The Labute approximate surface area is 122 Å². The number of hydrogen-bond acceptors (Lipinski definition) is 5. The Morgan fingerprint density at radius 3 is 2.76 bits per heavy atom. The summed E-state index contributed by atoms with van der Waals surface area (Å²) in [7, 11) is 1.91. The normalized spacial score (nSPS) is 14.6. The second-order valence-corrected chi connectivity index (χ2v) is 5.71. The molecule has 0 saturated carbocycles. The van der Waals surface area contributed by atoms with Crippen LogP contribution in [-0.2, 0) is 24.8 Å². The minimum atomic E-state index is -0.00248. The van der Waals surface area contributed by atoms with E-state index < -0.39 is 0 Å². The molecule has 1 amide bonds. The fraction of sp³-hybridized carbons (Fsp3) is 0.571. The Morgan fingerprint density at radius 1 is 1.38 bits per heavy atom. The lowest BCUT2D eigenvalue weighted by Gasteiger charge is -2.28. The fourth-order valence-corrected chi connectivity index (χ4v) is 2.71. The third kappa shape index (κ3) is 2.32. The highest BCUT2D eigenvalue weighted by Crippen LogP contribution is 2.29. The van der Waals surface area contributed by atoms with Crippen LogP contribution in [0.3, 0.4) is 0 Å². The monoisotopic (exact) mass is 289 g/mol. The van der Waals surface area contributed by atoms with Crippen molar-refractivity contribution < 1.29 is 9.32 Å². The largest absolute Gasteiger partial charge is 0.338 e. The second kappa shape index (κ2) is 4.98. The maximum atomic E-state index is 12.2. The van der Waals surface area contributed by atoms with E-state index in [9.17, 15) is 4.79 Å². The standard InChI is InChI=1S/C14H19N5O2/c1-8(2)14(20)19-6-5-11-10(7-19)12(16-18(11)4)13-15-9(3)17-21-13/h8H,5-7H2,1-4H3. The Kier molecular flexibility index (Phi) is 3.27. The van der Waals surface area contributed by atoms with Crippen LogP contribution in [-0.4, -0.2) is 37.3 Å². The molecule has 3 rings (SSSR count). The first kappa shape index (κ1) is 13.8. The molecule has 0 bridgehead atoms. The maximum absolute atomic E-state index is 12.2. The highest BCUT2D eigenvalue weighted by molar-refractivity contribution is 5.78. The van der Waals surface area contributed by atoms with Crippen molar-refractivity contribution in [1.82, 2.24) is 24.8 Å². The molecule has 1 aliphatic heterocycles. The van der Waals surface area contributed by atoms with Crippen molar-refractivity contribution in [2.24, 2.45) is 13.0 Å². The Hall–Kier alpha value is -2.18. The molecule has 0 aromatic carbocycles. The van der Waals surface area contributed by atoms with Gasteiger partial charge in [-0.05, 0) is 6.92 Å². The number of aryl methyl sites for hydroxylation is 2. The number of hydrogen-bond donors (Lipinski definition) is 0. The van der Waals surface area contributed by atoms with E-state index in [1.165, 1.54) is 0 Å². The van der Waals surface area contributed by atoms with Crippen molar-refractivity contribution in [3.63, 3.8) is 0 Å². The summed E-state index contributed by atoms with van der Waals surface area (Å²) >= 11 is 0. The Bertz CT molecular complexity index is 686. The van der Waals surface area contributed by atoms with Gasteiger partial charge in [0.1, 0.15) is 0 Å². The van der Waals surface area contributed by atoms with Crippen LogP contribution in [0.5, 0.6) is 0 Å². The fourth-order valence-electron chi connectivity index (χ4n) is 2.71. The van der Waals surface area contributed by atoms with Crippen LogP contribution in [0.25, 0.3) is 11.6 Å². The van der Waals surface area contributed by atoms with E-state index in [1.54, 1.807) is 6.92 Å². The van der Waals surface area contributed by atoms with Gasteiger partial charge in [0, 0.05) is 43.7 Å². The summed E-state index contributed by atoms with van der Waals surface area (Å²) in [6.07, 6.45) is 0.796.